The summed E-state index contributed by atoms with van der Waals surface area (Å²) in [5.74, 6) is -0.233. The van der Waals surface area contributed by atoms with Crippen LogP contribution in [0.15, 0.2) is 30.3 Å². The van der Waals surface area contributed by atoms with Gasteiger partial charge >= 0.3 is 5.97 Å². The summed E-state index contributed by atoms with van der Waals surface area (Å²) >= 11 is 0. The number of ether oxygens (including phenoxy) is 1. The fraction of sp³-hybridized carbons (Fsp3) is 0.462. The molecule has 88 valence electrons. The number of hydrogen-bond acceptors (Lipinski definition) is 3. The van der Waals surface area contributed by atoms with Crippen LogP contribution in [0.25, 0.3) is 0 Å². The van der Waals surface area contributed by atoms with E-state index in [0.29, 0.717) is 0 Å². The SMILES string of the molecule is COC(=O)CNCC(C)(C)c1ccccc1. The molecule has 0 fully saturated rings. The van der Waals surface area contributed by atoms with Crippen LogP contribution in [0.1, 0.15) is 19.4 Å². The fourth-order valence-corrected chi connectivity index (χ4v) is 1.54. The lowest BCUT2D eigenvalue weighted by Crippen LogP contribution is -2.36. The Kier molecular flexibility index (Phi) is 4.50. The molecule has 1 N–H and O–H groups in total. The van der Waals surface area contributed by atoms with Crippen LogP contribution in [0.3, 0.4) is 0 Å². The van der Waals surface area contributed by atoms with Gasteiger partial charge in [0.25, 0.3) is 0 Å². The van der Waals surface area contributed by atoms with E-state index >= 15 is 0 Å². The lowest BCUT2D eigenvalue weighted by atomic mass is 9.85. The van der Waals surface area contributed by atoms with E-state index < -0.39 is 0 Å². The second kappa shape index (κ2) is 5.66. The average molecular weight is 221 g/mol. The summed E-state index contributed by atoms with van der Waals surface area (Å²) in [7, 11) is 1.40. The summed E-state index contributed by atoms with van der Waals surface area (Å²) in [5.41, 5.74) is 1.27. The largest absolute Gasteiger partial charge is 0.468 e. The second-order valence-corrected chi connectivity index (χ2v) is 4.43. The minimum Gasteiger partial charge on any atom is -0.468 e. The van der Waals surface area contributed by atoms with Gasteiger partial charge in [0, 0.05) is 12.0 Å². The molecule has 0 spiro atoms. The van der Waals surface area contributed by atoms with Crippen molar-refractivity contribution in [2.75, 3.05) is 20.2 Å². The quantitative estimate of drug-likeness (QED) is 0.769. The highest BCUT2D eigenvalue weighted by atomic mass is 16.5. The first-order valence-corrected chi connectivity index (χ1v) is 5.39. The van der Waals surface area contributed by atoms with Crippen molar-refractivity contribution in [3.8, 4) is 0 Å². The second-order valence-electron chi connectivity index (χ2n) is 4.43. The van der Waals surface area contributed by atoms with Gasteiger partial charge in [-0.2, -0.15) is 0 Å². The molecule has 1 aromatic carbocycles. The number of methoxy groups -OCH3 is 1. The number of nitrogens with one attached hydrogen (secondary N) is 1. The maximum Gasteiger partial charge on any atom is 0.319 e. The molecule has 0 amide bonds. The zero-order chi connectivity index (χ0) is 12.0. The predicted molar refractivity (Wildman–Crippen MR) is 64.4 cm³/mol. The number of carbonyl (C=O) groups excluding carboxylic acids is 1. The standard InChI is InChI=1S/C13H19NO2/c1-13(2,10-14-9-12(15)16-3)11-7-5-4-6-8-11/h4-8,14H,9-10H2,1-3H3. The Balaban J connectivity index is 2.49. The van der Waals surface area contributed by atoms with Crippen LogP contribution >= 0.6 is 0 Å². The topological polar surface area (TPSA) is 38.3 Å². The lowest BCUT2D eigenvalue weighted by molar-refractivity contribution is -0.139. The van der Waals surface area contributed by atoms with Gasteiger partial charge in [-0.05, 0) is 5.56 Å². The summed E-state index contributed by atoms with van der Waals surface area (Å²) < 4.78 is 4.57. The molecule has 0 saturated heterocycles. The molecule has 0 aliphatic carbocycles. The Morgan fingerprint density at radius 3 is 2.50 bits per heavy atom. The minimum atomic E-state index is -0.233. The van der Waals surface area contributed by atoms with Crippen molar-refractivity contribution >= 4 is 5.97 Å². The van der Waals surface area contributed by atoms with Crippen molar-refractivity contribution in [2.24, 2.45) is 0 Å². The Bertz CT molecular complexity index is 333. The minimum absolute atomic E-state index is 0.00921. The molecule has 3 heteroatoms. The monoisotopic (exact) mass is 221 g/mol. The summed E-state index contributed by atoms with van der Waals surface area (Å²) in [6.07, 6.45) is 0. The van der Waals surface area contributed by atoms with Crippen LogP contribution in [-0.2, 0) is 14.9 Å². The van der Waals surface area contributed by atoms with E-state index in [0.717, 1.165) is 6.54 Å². The Hall–Kier alpha value is -1.35. The van der Waals surface area contributed by atoms with Crippen LogP contribution in [-0.4, -0.2) is 26.2 Å². The lowest BCUT2D eigenvalue weighted by Gasteiger charge is -2.25. The maximum atomic E-state index is 10.9. The average Bonchev–Trinajstić information content (AvgIpc) is 2.30. The van der Waals surface area contributed by atoms with Crippen molar-refractivity contribution in [2.45, 2.75) is 19.3 Å². The molecule has 0 bridgehead atoms. The van der Waals surface area contributed by atoms with Crippen LogP contribution in [0, 0.1) is 0 Å². The Morgan fingerprint density at radius 2 is 1.94 bits per heavy atom. The van der Waals surface area contributed by atoms with E-state index in [4.69, 9.17) is 0 Å². The highest BCUT2D eigenvalue weighted by Gasteiger charge is 2.19. The van der Waals surface area contributed by atoms with E-state index in [1.807, 2.05) is 18.2 Å². The molecule has 0 aliphatic rings. The number of benzene rings is 1. The summed E-state index contributed by atoms with van der Waals surface area (Å²) in [6.45, 7) is 5.29. The molecule has 0 radical (unpaired) electrons. The van der Waals surface area contributed by atoms with Crippen LogP contribution in [0.2, 0.25) is 0 Å². The first-order chi connectivity index (χ1) is 7.56. The van der Waals surface area contributed by atoms with Gasteiger partial charge in [-0.15, -0.1) is 0 Å². The molecule has 3 nitrogen and oxygen atoms in total. The predicted octanol–water partition coefficient (Wildman–Crippen LogP) is 1.73. The number of esters is 1. The highest BCUT2D eigenvalue weighted by Crippen LogP contribution is 2.21. The third-order valence-corrected chi connectivity index (χ3v) is 2.62. The van der Waals surface area contributed by atoms with Gasteiger partial charge in [-0.3, -0.25) is 4.79 Å². The molecule has 0 heterocycles. The van der Waals surface area contributed by atoms with Crippen molar-refractivity contribution in [3.63, 3.8) is 0 Å². The summed E-state index contributed by atoms with van der Waals surface area (Å²) in [5, 5.41) is 3.10. The molecular formula is C13H19NO2. The van der Waals surface area contributed by atoms with E-state index in [2.05, 4.69) is 36.0 Å². The molecule has 0 aliphatic heterocycles. The van der Waals surface area contributed by atoms with E-state index in [9.17, 15) is 4.79 Å². The van der Waals surface area contributed by atoms with Crippen molar-refractivity contribution in [1.29, 1.82) is 0 Å². The fourth-order valence-electron chi connectivity index (χ4n) is 1.54. The Labute approximate surface area is 96.8 Å². The van der Waals surface area contributed by atoms with Crippen LogP contribution in [0.5, 0.6) is 0 Å². The Morgan fingerprint density at radius 1 is 1.31 bits per heavy atom. The zero-order valence-corrected chi connectivity index (χ0v) is 10.1. The number of hydrogen-bond donors (Lipinski definition) is 1. The molecular weight excluding hydrogens is 202 g/mol. The number of carbonyl (C=O) groups is 1. The third kappa shape index (κ3) is 3.66. The first kappa shape index (κ1) is 12.7. The first-order valence-electron chi connectivity index (χ1n) is 5.39. The van der Waals surface area contributed by atoms with Gasteiger partial charge < -0.3 is 10.1 Å². The van der Waals surface area contributed by atoms with E-state index in [-0.39, 0.29) is 17.9 Å². The van der Waals surface area contributed by atoms with Crippen molar-refractivity contribution in [1.82, 2.24) is 5.32 Å². The normalized spacial score (nSPS) is 11.2. The van der Waals surface area contributed by atoms with Gasteiger partial charge in [-0.1, -0.05) is 44.2 Å². The molecule has 1 aromatic rings. The maximum absolute atomic E-state index is 10.9. The van der Waals surface area contributed by atoms with Gasteiger partial charge in [0.15, 0.2) is 0 Å². The highest BCUT2D eigenvalue weighted by molar-refractivity contribution is 5.71. The van der Waals surface area contributed by atoms with Crippen molar-refractivity contribution < 1.29 is 9.53 Å². The van der Waals surface area contributed by atoms with Crippen LogP contribution < -0.4 is 5.32 Å². The van der Waals surface area contributed by atoms with Gasteiger partial charge in [0.1, 0.15) is 0 Å². The molecule has 1 rings (SSSR count). The number of rotatable bonds is 5. The molecule has 0 atom stereocenters. The summed E-state index contributed by atoms with van der Waals surface area (Å²) in [4.78, 5) is 10.9. The molecule has 0 saturated carbocycles. The van der Waals surface area contributed by atoms with E-state index in [1.165, 1.54) is 12.7 Å². The summed E-state index contributed by atoms with van der Waals surface area (Å²) in [6, 6.07) is 10.2. The smallest absolute Gasteiger partial charge is 0.319 e. The van der Waals surface area contributed by atoms with Gasteiger partial charge in [0.05, 0.1) is 13.7 Å². The third-order valence-electron chi connectivity index (χ3n) is 2.62. The van der Waals surface area contributed by atoms with Crippen LogP contribution in [0.4, 0.5) is 0 Å². The van der Waals surface area contributed by atoms with Gasteiger partial charge in [0.2, 0.25) is 0 Å². The molecule has 0 aromatic heterocycles. The van der Waals surface area contributed by atoms with E-state index in [1.54, 1.807) is 0 Å². The van der Waals surface area contributed by atoms with Crippen molar-refractivity contribution in [3.05, 3.63) is 35.9 Å². The van der Waals surface area contributed by atoms with Gasteiger partial charge in [-0.25, -0.2) is 0 Å². The molecule has 16 heavy (non-hydrogen) atoms. The zero-order valence-electron chi connectivity index (χ0n) is 10.1. The molecule has 0 unspecified atom stereocenters.